The van der Waals surface area contributed by atoms with Gasteiger partial charge in [-0.25, -0.2) is 9.97 Å². The predicted molar refractivity (Wildman–Crippen MR) is 64.1 cm³/mol. The summed E-state index contributed by atoms with van der Waals surface area (Å²) in [5.41, 5.74) is 0. The molecule has 2 aromatic heterocycles. The van der Waals surface area contributed by atoms with Crippen LogP contribution in [0.4, 0.5) is 0 Å². The summed E-state index contributed by atoms with van der Waals surface area (Å²) in [5, 5.41) is 0. The van der Waals surface area contributed by atoms with Crippen LogP contribution in [0.25, 0.3) is 10.7 Å². The highest BCUT2D eigenvalue weighted by atomic mass is 32.2. The van der Waals surface area contributed by atoms with E-state index in [9.17, 15) is 8.42 Å². The minimum absolute atomic E-state index is 0.118. The molecule has 0 saturated carbocycles. The van der Waals surface area contributed by atoms with Crippen molar-refractivity contribution in [1.82, 2.24) is 14.5 Å². The molecule has 0 aliphatic rings. The molecule has 0 N–H and O–H groups in total. The van der Waals surface area contributed by atoms with Crippen molar-refractivity contribution in [3.8, 4) is 10.7 Å². The minimum Gasteiger partial charge on any atom is -0.273 e. The van der Waals surface area contributed by atoms with Crippen LogP contribution in [0.5, 0.6) is 0 Å². The second-order valence-corrected chi connectivity index (χ2v) is 5.97. The summed E-state index contributed by atoms with van der Waals surface area (Å²) < 4.78 is 32.3. The first-order valence-corrected chi connectivity index (χ1v) is 7.38. The second-order valence-electron chi connectivity index (χ2n) is 3.33. The monoisotopic (exact) mass is 287 g/mol. The van der Waals surface area contributed by atoms with E-state index in [1.165, 1.54) is 16.2 Å². The lowest BCUT2D eigenvalue weighted by molar-refractivity contribution is -0.742. The highest BCUT2D eigenvalue weighted by molar-refractivity contribution is 7.86. The van der Waals surface area contributed by atoms with Gasteiger partial charge in [-0.1, -0.05) is 4.68 Å². The molecule has 0 fully saturated rings. The van der Waals surface area contributed by atoms with Crippen LogP contribution in [0, 0.1) is 0 Å². The summed E-state index contributed by atoms with van der Waals surface area (Å²) in [6, 6.07) is 1.73. The molecule has 2 rings (SSSR count). The third-order valence-corrected chi connectivity index (χ3v) is 4.09. The van der Waals surface area contributed by atoms with Crippen LogP contribution in [0.15, 0.2) is 24.7 Å². The van der Waals surface area contributed by atoms with Crippen molar-refractivity contribution in [1.29, 1.82) is 0 Å². The van der Waals surface area contributed by atoms with E-state index in [-0.39, 0.29) is 12.3 Å². The summed E-state index contributed by atoms with van der Waals surface area (Å²) in [6.45, 7) is 0.236. The second kappa shape index (κ2) is 5.46. The maximum Gasteiger partial charge on any atom is 0.273 e. The van der Waals surface area contributed by atoms with Crippen LogP contribution < -0.4 is 4.68 Å². The SMILES string of the molecule is COS(=O)(=O)CC[n+]1cc(-c2ncccn2)sn1. The smallest absolute Gasteiger partial charge is 0.273 e. The van der Waals surface area contributed by atoms with E-state index in [4.69, 9.17) is 0 Å². The zero-order valence-electron chi connectivity index (χ0n) is 9.55. The highest BCUT2D eigenvalue weighted by Crippen LogP contribution is 2.14. The molecule has 0 aliphatic carbocycles. The topological polar surface area (TPSA) is 85.9 Å². The molecule has 18 heavy (non-hydrogen) atoms. The van der Waals surface area contributed by atoms with Crippen LogP contribution >= 0.6 is 11.5 Å². The lowest BCUT2D eigenvalue weighted by Crippen LogP contribution is -2.38. The minimum atomic E-state index is -3.46. The molecule has 9 heteroatoms. The zero-order chi connectivity index (χ0) is 13.0. The number of aryl methyl sites for hydroxylation is 1. The molecule has 2 aromatic rings. The van der Waals surface area contributed by atoms with Gasteiger partial charge in [0.1, 0.15) is 5.75 Å². The molecule has 0 spiro atoms. The van der Waals surface area contributed by atoms with Crippen LogP contribution in [-0.2, 0) is 20.8 Å². The van der Waals surface area contributed by atoms with E-state index in [1.807, 2.05) is 0 Å². The van der Waals surface area contributed by atoms with E-state index in [2.05, 4.69) is 18.6 Å². The number of aromatic nitrogens is 4. The Hall–Kier alpha value is -1.45. The Bertz CT molecular complexity index is 612. The van der Waals surface area contributed by atoms with Crippen molar-refractivity contribution in [2.45, 2.75) is 6.54 Å². The van der Waals surface area contributed by atoms with Crippen molar-refractivity contribution in [2.75, 3.05) is 12.9 Å². The van der Waals surface area contributed by atoms with Gasteiger partial charge in [-0.15, -0.1) is 0 Å². The Morgan fingerprint density at radius 3 is 2.78 bits per heavy atom. The average Bonchev–Trinajstić information content (AvgIpc) is 2.86. The molecule has 7 nitrogen and oxygen atoms in total. The lowest BCUT2D eigenvalue weighted by atomic mass is 10.5. The molecule has 0 amide bonds. The van der Waals surface area contributed by atoms with Crippen molar-refractivity contribution in [3.63, 3.8) is 0 Å². The van der Waals surface area contributed by atoms with Crippen molar-refractivity contribution in [2.24, 2.45) is 0 Å². The van der Waals surface area contributed by atoms with Crippen molar-refractivity contribution in [3.05, 3.63) is 24.7 Å². The van der Waals surface area contributed by atoms with E-state index >= 15 is 0 Å². The van der Waals surface area contributed by atoms with Crippen LogP contribution in [0.3, 0.4) is 0 Å². The molecule has 96 valence electrons. The molecule has 0 radical (unpaired) electrons. The molecule has 2 heterocycles. The van der Waals surface area contributed by atoms with Crippen molar-refractivity contribution >= 4 is 21.7 Å². The molecule has 0 aliphatic heterocycles. The van der Waals surface area contributed by atoms with Crippen LogP contribution in [-0.4, -0.2) is 35.7 Å². The third kappa shape index (κ3) is 3.28. The number of nitrogens with zero attached hydrogens (tertiary/aromatic N) is 4. The number of hydrogen-bond acceptors (Lipinski definition) is 7. The highest BCUT2D eigenvalue weighted by Gasteiger charge is 2.17. The van der Waals surface area contributed by atoms with Gasteiger partial charge in [0.25, 0.3) is 10.1 Å². The molecular formula is C9H11N4O3S2+. The quantitative estimate of drug-likeness (QED) is 0.562. The van der Waals surface area contributed by atoms with Gasteiger partial charge in [0, 0.05) is 23.9 Å². The Morgan fingerprint density at radius 2 is 2.11 bits per heavy atom. The lowest BCUT2D eigenvalue weighted by Gasteiger charge is -1.94. The Balaban J connectivity index is 2.08. The Morgan fingerprint density at radius 1 is 1.39 bits per heavy atom. The van der Waals surface area contributed by atoms with Gasteiger partial charge in [-0.3, -0.25) is 4.18 Å². The summed E-state index contributed by atoms with van der Waals surface area (Å²) in [7, 11) is -2.32. The fourth-order valence-corrected chi connectivity index (χ4v) is 2.45. The molecule has 0 bridgehead atoms. The van der Waals surface area contributed by atoms with Crippen LogP contribution in [0.1, 0.15) is 0 Å². The first-order valence-electron chi connectivity index (χ1n) is 5.03. The standard InChI is InChI=1S/C9H11N4O3S2/c1-16-18(14,15)6-5-13-7-8(17-12-13)9-10-3-2-4-11-9/h2-4,7H,5-6H2,1H3/q+1. The summed E-state index contributed by atoms with van der Waals surface area (Å²) in [5.74, 6) is 0.454. The molecule has 0 saturated heterocycles. The zero-order valence-corrected chi connectivity index (χ0v) is 11.2. The predicted octanol–water partition coefficient (Wildman–Crippen LogP) is -0.136. The van der Waals surface area contributed by atoms with E-state index in [1.54, 1.807) is 24.7 Å². The van der Waals surface area contributed by atoms with Gasteiger partial charge >= 0.3 is 0 Å². The first-order chi connectivity index (χ1) is 8.61. The van der Waals surface area contributed by atoms with E-state index in [0.29, 0.717) is 5.82 Å². The normalized spacial score (nSPS) is 11.6. The van der Waals surface area contributed by atoms with Crippen LogP contribution in [0.2, 0.25) is 0 Å². The molecule has 0 unspecified atom stereocenters. The summed E-state index contributed by atoms with van der Waals surface area (Å²) in [6.07, 6.45) is 4.99. The third-order valence-electron chi connectivity index (χ3n) is 2.12. The van der Waals surface area contributed by atoms with E-state index in [0.717, 1.165) is 12.0 Å². The Kier molecular flexibility index (Phi) is 3.94. The number of rotatable bonds is 5. The fourth-order valence-electron chi connectivity index (χ4n) is 1.20. The van der Waals surface area contributed by atoms with E-state index < -0.39 is 10.1 Å². The van der Waals surface area contributed by atoms with Gasteiger partial charge < -0.3 is 0 Å². The average molecular weight is 287 g/mol. The molecule has 0 aromatic carbocycles. The Labute approximate surface area is 108 Å². The van der Waals surface area contributed by atoms with Gasteiger partial charge in [0.2, 0.25) is 6.20 Å². The van der Waals surface area contributed by atoms with Gasteiger partial charge in [0.05, 0.1) is 11.6 Å². The summed E-state index contributed by atoms with van der Waals surface area (Å²) in [4.78, 5) is 8.96. The maximum atomic E-state index is 11.2. The van der Waals surface area contributed by atoms with Gasteiger partial charge in [-0.05, 0) is 6.07 Å². The summed E-state index contributed by atoms with van der Waals surface area (Å²) >= 11 is 1.21. The molecule has 0 atom stereocenters. The maximum absolute atomic E-state index is 11.2. The molecular weight excluding hydrogens is 276 g/mol. The fraction of sp³-hybridized carbons (Fsp3) is 0.333. The largest absolute Gasteiger partial charge is 0.273 e. The number of hydrogen-bond donors (Lipinski definition) is 0. The van der Waals surface area contributed by atoms with Crippen molar-refractivity contribution < 1.29 is 17.3 Å². The first kappa shape index (κ1) is 13.0. The van der Waals surface area contributed by atoms with Gasteiger partial charge in [0.15, 0.2) is 17.2 Å². The van der Waals surface area contributed by atoms with Gasteiger partial charge in [-0.2, -0.15) is 8.42 Å².